The molecular formula is C19H22N2O5. The van der Waals surface area contributed by atoms with Crippen LogP contribution in [0.25, 0.3) is 10.9 Å². The topological polar surface area (TPSA) is 134 Å². The second-order valence-electron chi connectivity index (χ2n) is 6.97. The minimum Gasteiger partial charge on any atom is -0.478 e. The molecule has 7 nitrogen and oxygen atoms in total. The van der Waals surface area contributed by atoms with E-state index in [4.69, 9.17) is 15.9 Å². The standard InChI is InChI=1S/C15H18N2O.C4H4O4/c1-15(2)7-11-13(12(18)8-15)14(16)9-5-3-4-6-10(9)17-11;5-3(6)1-2-4(7)8/h3-6,12,18H,7-8H2,1-2H3,(H2,16,17);1-2H,(H,5,6)(H,7,8)/b;2-1-. The molecule has 1 unspecified atom stereocenters. The number of carbonyl (C=O) groups is 2. The fourth-order valence-corrected chi connectivity index (χ4v) is 3.11. The zero-order valence-corrected chi connectivity index (χ0v) is 14.6. The smallest absolute Gasteiger partial charge is 0.328 e. The number of pyridine rings is 1. The Balaban J connectivity index is 0.000000260. The molecule has 0 fully saturated rings. The van der Waals surface area contributed by atoms with Crippen molar-refractivity contribution in [2.75, 3.05) is 5.73 Å². The fourth-order valence-electron chi connectivity index (χ4n) is 3.11. The molecule has 26 heavy (non-hydrogen) atoms. The number of para-hydroxylation sites is 1. The molecule has 0 saturated heterocycles. The van der Waals surface area contributed by atoms with Crippen LogP contribution in [0.15, 0.2) is 36.4 Å². The Morgan fingerprint density at radius 2 is 1.77 bits per heavy atom. The van der Waals surface area contributed by atoms with Crippen LogP contribution in [0.2, 0.25) is 0 Å². The molecule has 5 N–H and O–H groups in total. The van der Waals surface area contributed by atoms with Gasteiger partial charge >= 0.3 is 11.9 Å². The van der Waals surface area contributed by atoms with E-state index in [9.17, 15) is 14.7 Å². The number of nitrogens with two attached hydrogens (primary N) is 1. The maximum absolute atomic E-state index is 10.3. The van der Waals surface area contributed by atoms with E-state index >= 15 is 0 Å². The molecule has 0 radical (unpaired) electrons. The lowest BCUT2D eigenvalue weighted by atomic mass is 9.74. The number of aromatic nitrogens is 1. The quantitative estimate of drug-likeness (QED) is 0.606. The van der Waals surface area contributed by atoms with Crippen LogP contribution in [0.5, 0.6) is 0 Å². The number of carboxylic acids is 2. The molecule has 0 bridgehead atoms. The van der Waals surface area contributed by atoms with Gasteiger partial charge in [-0.25, -0.2) is 9.59 Å². The second-order valence-corrected chi connectivity index (χ2v) is 6.97. The molecule has 1 aromatic heterocycles. The largest absolute Gasteiger partial charge is 0.478 e. The number of anilines is 1. The number of fused-ring (bicyclic) bond motifs is 2. The Kier molecular flexibility index (Phi) is 5.62. The average Bonchev–Trinajstić information content (AvgIpc) is 2.52. The van der Waals surface area contributed by atoms with Crippen LogP contribution in [0, 0.1) is 5.41 Å². The van der Waals surface area contributed by atoms with Crippen molar-refractivity contribution in [1.29, 1.82) is 0 Å². The summed E-state index contributed by atoms with van der Waals surface area (Å²) in [4.78, 5) is 23.8. The van der Waals surface area contributed by atoms with Crippen molar-refractivity contribution in [3.05, 3.63) is 47.7 Å². The molecule has 3 rings (SSSR count). The van der Waals surface area contributed by atoms with Crippen LogP contribution >= 0.6 is 0 Å². The van der Waals surface area contributed by atoms with Gasteiger partial charge in [-0.2, -0.15) is 0 Å². The number of aliphatic hydroxyl groups is 1. The molecule has 1 aromatic carbocycles. The molecular weight excluding hydrogens is 336 g/mol. The van der Waals surface area contributed by atoms with E-state index in [1.165, 1.54) is 0 Å². The lowest BCUT2D eigenvalue weighted by Gasteiger charge is -2.34. The summed E-state index contributed by atoms with van der Waals surface area (Å²) in [5.74, 6) is -2.51. The summed E-state index contributed by atoms with van der Waals surface area (Å²) < 4.78 is 0. The Labute approximate surface area is 150 Å². The van der Waals surface area contributed by atoms with Crippen molar-refractivity contribution in [3.63, 3.8) is 0 Å². The Bertz CT molecular complexity index is 858. The van der Waals surface area contributed by atoms with E-state index in [0.29, 0.717) is 17.8 Å². The summed E-state index contributed by atoms with van der Waals surface area (Å²) in [5.41, 5.74) is 9.70. The van der Waals surface area contributed by atoms with E-state index in [1.54, 1.807) is 0 Å². The molecule has 0 amide bonds. The number of aliphatic hydroxyl groups excluding tert-OH is 1. The molecule has 7 heteroatoms. The van der Waals surface area contributed by atoms with Crippen molar-refractivity contribution in [1.82, 2.24) is 4.98 Å². The van der Waals surface area contributed by atoms with Gasteiger partial charge in [0.05, 0.1) is 11.6 Å². The summed E-state index contributed by atoms with van der Waals surface area (Å²) in [6, 6.07) is 7.85. The highest BCUT2D eigenvalue weighted by Crippen LogP contribution is 2.43. The lowest BCUT2D eigenvalue weighted by molar-refractivity contribution is -0.134. The molecule has 2 aromatic rings. The lowest BCUT2D eigenvalue weighted by Crippen LogP contribution is -2.27. The van der Waals surface area contributed by atoms with Gasteiger partial charge in [-0.3, -0.25) is 4.98 Å². The van der Waals surface area contributed by atoms with E-state index in [1.807, 2.05) is 24.3 Å². The monoisotopic (exact) mass is 358 g/mol. The zero-order valence-electron chi connectivity index (χ0n) is 14.6. The molecule has 1 aliphatic rings. The van der Waals surface area contributed by atoms with Gasteiger partial charge in [-0.1, -0.05) is 32.0 Å². The normalized spacial score (nSPS) is 18.0. The van der Waals surface area contributed by atoms with Crippen molar-refractivity contribution in [3.8, 4) is 0 Å². The number of benzene rings is 1. The van der Waals surface area contributed by atoms with Gasteiger partial charge in [-0.15, -0.1) is 0 Å². The van der Waals surface area contributed by atoms with Gasteiger partial charge in [0.1, 0.15) is 0 Å². The third-order valence-electron chi connectivity index (χ3n) is 4.14. The van der Waals surface area contributed by atoms with E-state index in [2.05, 4.69) is 18.8 Å². The summed E-state index contributed by atoms with van der Waals surface area (Å²) in [5, 5.41) is 26.9. The zero-order chi connectivity index (χ0) is 19.5. The Morgan fingerprint density at radius 3 is 2.35 bits per heavy atom. The van der Waals surface area contributed by atoms with Gasteiger partial charge in [0.15, 0.2) is 0 Å². The second kappa shape index (κ2) is 7.53. The molecule has 1 atom stereocenters. The maximum Gasteiger partial charge on any atom is 0.328 e. The molecule has 1 heterocycles. The number of nitrogen functional groups attached to an aromatic ring is 1. The van der Waals surface area contributed by atoms with E-state index in [-0.39, 0.29) is 5.41 Å². The number of aliphatic carboxylic acids is 2. The van der Waals surface area contributed by atoms with Crippen LogP contribution in [0.4, 0.5) is 5.69 Å². The average molecular weight is 358 g/mol. The number of carboxylic acid groups (broad SMARTS) is 2. The molecule has 0 spiro atoms. The first kappa shape index (κ1) is 19.4. The van der Waals surface area contributed by atoms with Crippen LogP contribution in [-0.4, -0.2) is 32.2 Å². The maximum atomic E-state index is 10.3. The first-order valence-electron chi connectivity index (χ1n) is 8.10. The van der Waals surface area contributed by atoms with Gasteiger partial charge in [-0.05, 0) is 24.3 Å². The molecule has 0 aliphatic heterocycles. The fraction of sp³-hybridized carbons (Fsp3) is 0.316. The van der Waals surface area contributed by atoms with Crippen molar-refractivity contribution >= 4 is 28.5 Å². The molecule has 138 valence electrons. The highest BCUT2D eigenvalue weighted by molar-refractivity contribution is 5.92. The highest BCUT2D eigenvalue weighted by Gasteiger charge is 2.34. The molecule has 0 saturated carbocycles. The van der Waals surface area contributed by atoms with Gasteiger partial charge in [0.2, 0.25) is 0 Å². The van der Waals surface area contributed by atoms with Gasteiger partial charge in [0.25, 0.3) is 0 Å². The Morgan fingerprint density at radius 1 is 1.19 bits per heavy atom. The van der Waals surface area contributed by atoms with Crippen LogP contribution in [-0.2, 0) is 16.0 Å². The van der Waals surface area contributed by atoms with Gasteiger partial charge in [0, 0.05) is 34.5 Å². The number of hydrogen-bond acceptors (Lipinski definition) is 5. The number of nitrogens with zero attached hydrogens (tertiary/aromatic N) is 1. The summed E-state index contributed by atoms with van der Waals surface area (Å²) >= 11 is 0. The van der Waals surface area contributed by atoms with Crippen molar-refractivity contribution in [2.24, 2.45) is 5.41 Å². The van der Waals surface area contributed by atoms with Gasteiger partial charge < -0.3 is 21.1 Å². The first-order valence-corrected chi connectivity index (χ1v) is 8.10. The summed E-state index contributed by atoms with van der Waals surface area (Å²) in [6.07, 6.45) is 2.23. The SMILES string of the molecule is CC1(C)Cc2nc3ccccc3c(N)c2C(O)C1.O=C(O)/C=C\C(=O)O. The summed E-state index contributed by atoms with van der Waals surface area (Å²) in [7, 11) is 0. The first-order chi connectivity index (χ1) is 12.1. The van der Waals surface area contributed by atoms with E-state index in [0.717, 1.165) is 35.0 Å². The van der Waals surface area contributed by atoms with Crippen LogP contribution in [0.3, 0.4) is 0 Å². The van der Waals surface area contributed by atoms with E-state index < -0.39 is 18.0 Å². The summed E-state index contributed by atoms with van der Waals surface area (Å²) in [6.45, 7) is 4.32. The third kappa shape index (κ3) is 4.58. The molecule has 1 aliphatic carbocycles. The van der Waals surface area contributed by atoms with Crippen LogP contribution in [0.1, 0.15) is 37.6 Å². The Hall–Kier alpha value is -2.93. The van der Waals surface area contributed by atoms with Crippen molar-refractivity contribution in [2.45, 2.75) is 32.8 Å². The number of rotatable bonds is 2. The van der Waals surface area contributed by atoms with Crippen LogP contribution < -0.4 is 5.73 Å². The van der Waals surface area contributed by atoms with Crippen molar-refractivity contribution < 1.29 is 24.9 Å². The number of hydrogen-bond donors (Lipinski definition) is 4. The minimum atomic E-state index is -1.26. The third-order valence-corrected chi connectivity index (χ3v) is 4.14. The highest BCUT2D eigenvalue weighted by atomic mass is 16.4. The predicted octanol–water partition coefficient (Wildman–Crippen LogP) is 2.53. The predicted molar refractivity (Wildman–Crippen MR) is 97.6 cm³/mol. The minimum absolute atomic E-state index is 0.0777.